The molecule has 0 aliphatic rings. The van der Waals surface area contributed by atoms with Crippen LogP contribution in [0.1, 0.15) is 11.3 Å². The van der Waals surface area contributed by atoms with E-state index in [-0.39, 0.29) is 18.0 Å². The summed E-state index contributed by atoms with van der Waals surface area (Å²) in [5, 5.41) is 10.5. The molecule has 0 aliphatic carbocycles. The molecule has 140 valence electrons. The lowest BCUT2D eigenvalue weighted by Crippen LogP contribution is -2.36. The van der Waals surface area contributed by atoms with Crippen molar-refractivity contribution in [3.8, 4) is 5.69 Å². The van der Waals surface area contributed by atoms with Gasteiger partial charge in [-0.15, -0.1) is 5.10 Å². The predicted molar refractivity (Wildman–Crippen MR) is 97.4 cm³/mol. The smallest absolute Gasteiger partial charge is 0.241 e. The van der Waals surface area contributed by atoms with Crippen molar-refractivity contribution in [3.63, 3.8) is 0 Å². The Morgan fingerprint density at radius 3 is 2.70 bits per heavy atom. The number of pyridine rings is 1. The van der Waals surface area contributed by atoms with Gasteiger partial charge in [-0.1, -0.05) is 17.3 Å². The van der Waals surface area contributed by atoms with Crippen LogP contribution < -0.4 is 10.0 Å². The summed E-state index contributed by atoms with van der Waals surface area (Å²) < 4.78 is 28.2. The third-order valence-corrected chi connectivity index (χ3v) is 5.06. The van der Waals surface area contributed by atoms with Crippen LogP contribution in [0, 0.1) is 6.92 Å². The van der Waals surface area contributed by atoms with Crippen LogP contribution in [0.15, 0.2) is 59.9 Å². The van der Waals surface area contributed by atoms with Gasteiger partial charge in [0.2, 0.25) is 15.9 Å². The fourth-order valence-electron chi connectivity index (χ4n) is 2.28. The average molecular weight is 386 g/mol. The lowest BCUT2D eigenvalue weighted by atomic mass is 10.2. The molecule has 0 spiro atoms. The van der Waals surface area contributed by atoms with Gasteiger partial charge in [0.05, 0.1) is 29.9 Å². The molecular weight excluding hydrogens is 368 g/mol. The highest BCUT2D eigenvalue weighted by Crippen LogP contribution is 2.10. The number of hydrogen-bond donors (Lipinski definition) is 2. The van der Waals surface area contributed by atoms with Gasteiger partial charge in [0.15, 0.2) is 0 Å². The molecule has 2 heterocycles. The lowest BCUT2D eigenvalue weighted by molar-refractivity contribution is -0.120. The van der Waals surface area contributed by atoms with Crippen molar-refractivity contribution >= 4 is 15.9 Å². The maximum absolute atomic E-state index is 12.2. The second kappa shape index (κ2) is 8.06. The molecule has 2 aromatic heterocycles. The van der Waals surface area contributed by atoms with E-state index in [2.05, 4.69) is 25.3 Å². The number of hydrogen-bond acceptors (Lipinski definition) is 6. The summed E-state index contributed by atoms with van der Waals surface area (Å²) in [4.78, 5) is 16.0. The van der Waals surface area contributed by atoms with E-state index < -0.39 is 15.9 Å². The van der Waals surface area contributed by atoms with E-state index >= 15 is 0 Å². The molecule has 0 aliphatic heterocycles. The number of rotatable bonds is 7. The Balaban J connectivity index is 1.52. The molecule has 0 unspecified atom stereocenters. The van der Waals surface area contributed by atoms with E-state index in [0.29, 0.717) is 5.69 Å². The third kappa shape index (κ3) is 4.96. The van der Waals surface area contributed by atoms with Gasteiger partial charge in [0.25, 0.3) is 0 Å². The van der Waals surface area contributed by atoms with Crippen LogP contribution in [-0.2, 0) is 21.4 Å². The maximum Gasteiger partial charge on any atom is 0.241 e. The van der Waals surface area contributed by atoms with E-state index in [1.807, 2.05) is 0 Å². The molecule has 0 radical (unpaired) electrons. The van der Waals surface area contributed by atoms with Crippen LogP contribution in [0.4, 0.5) is 0 Å². The molecule has 1 amide bonds. The fourth-order valence-corrected chi connectivity index (χ4v) is 3.37. The van der Waals surface area contributed by atoms with E-state index in [1.54, 1.807) is 54.5 Å². The van der Waals surface area contributed by atoms with Gasteiger partial charge in [-0.3, -0.25) is 9.78 Å². The average Bonchev–Trinajstić information content (AvgIpc) is 3.15. The summed E-state index contributed by atoms with van der Waals surface area (Å²) >= 11 is 0. The van der Waals surface area contributed by atoms with Crippen molar-refractivity contribution in [2.45, 2.75) is 18.4 Å². The van der Waals surface area contributed by atoms with Gasteiger partial charge in [-0.05, 0) is 36.8 Å². The molecule has 0 atom stereocenters. The predicted octanol–water partition coefficient (Wildman–Crippen LogP) is 0.565. The third-order valence-electron chi connectivity index (χ3n) is 3.66. The zero-order chi connectivity index (χ0) is 19.3. The van der Waals surface area contributed by atoms with Gasteiger partial charge >= 0.3 is 0 Å². The fraction of sp³-hybridized carbons (Fsp3) is 0.176. The second-order valence-corrected chi connectivity index (χ2v) is 7.54. The number of amides is 1. The Morgan fingerprint density at radius 1 is 1.19 bits per heavy atom. The summed E-state index contributed by atoms with van der Waals surface area (Å²) in [6, 6.07) is 10.0. The first-order valence-corrected chi connectivity index (χ1v) is 9.57. The Labute approximate surface area is 156 Å². The molecule has 27 heavy (non-hydrogen) atoms. The van der Waals surface area contributed by atoms with Gasteiger partial charge in [0.1, 0.15) is 5.69 Å². The Morgan fingerprint density at radius 2 is 1.96 bits per heavy atom. The number of aryl methyl sites for hydroxylation is 1. The zero-order valence-electron chi connectivity index (χ0n) is 14.5. The highest BCUT2D eigenvalue weighted by Gasteiger charge is 2.15. The molecule has 0 saturated carbocycles. The van der Waals surface area contributed by atoms with Gasteiger partial charge in [-0.2, -0.15) is 0 Å². The van der Waals surface area contributed by atoms with Crippen molar-refractivity contribution in [3.05, 3.63) is 66.2 Å². The van der Waals surface area contributed by atoms with Crippen molar-refractivity contribution in [2.24, 2.45) is 0 Å². The van der Waals surface area contributed by atoms with Crippen LogP contribution in [0.25, 0.3) is 5.69 Å². The molecule has 3 rings (SSSR count). The van der Waals surface area contributed by atoms with Crippen molar-refractivity contribution in [1.82, 2.24) is 30.0 Å². The largest absolute Gasteiger partial charge is 0.349 e. The van der Waals surface area contributed by atoms with Crippen LogP contribution in [-0.4, -0.2) is 40.8 Å². The first kappa shape index (κ1) is 18.7. The first-order chi connectivity index (χ1) is 12.9. The molecule has 1 aromatic carbocycles. The SMILES string of the molecule is Cc1cccc(S(=O)(=O)NCC(=O)NCc2cn(-c3ccncc3)nn2)c1. The minimum Gasteiger partial charge on any atom is -0.349 e. The summed E-state index contributed by atoms with van der Waals surface area (Å²) in [6.07, 6.45) is 4.95. The minimum atomic E-state index is -3.74. The highest BCUT2D eigenvalue weighted by atomic mass is 32.2. The first-order valence-electron chi connectivity index (χ1n) is 8.09. The summed E-state index contributed by atoms with van der Waals surface area (Å²) in [6.45, 7) is 1.57. The Bertz CT molecular complexity index is 1030. The van der Waals surface area contributed by atoms with E-state index in [9.17, 15) is 13.2 Å². The van der Waals surface area contributed by atoms with E-state index in [1.165, 1.54) is 12.1 Å². The number of sulfonamides is 1. The molecular formula is C17H18N6O3S. The zero-order valence-corrected chi connectivity index (χ0v) is 15.3. The van der Waals surface area contributed by atoms with Crippen LogP contribution in [0.5, 0.6) is 0 Å². The van der Waals surface area contributed by atoms with E-state index in [0.717, 1.165) is 11.3 Å². The molecule has 9 nitrogen and oxygen atoms in total. The number of carbonyl (C=O) groups is 1. The Hall–Kier alpha value is -3.11. The van der Waals surface area contributed by atoms with Gasteiger partial charge in [0, 0.05) is 12.4 Å². The molecule has 2 N–H and O–H groups in total. The number of benzene rings is 1. The van der Waals surface area contributed by atoms with Gasteiger partial charge in [-0.25, -0.2) is 17.8 Å². The molecule has 0 fully saturated rings. The lowest BCUT2D eigenvalue weighted by Gasteiger charge is -2.07. The van der Waals surface area contributed by atoms with Crippen molar-refractivity contribution in [1.29, 1.82) is 0 Å². The molecule has 3 aromatic rings. The summed E-state index contributed by atoms with van der Waals surface area (Å²) in [5.41, 5.74) is 2.15. The number of nitrogens with zero attached hydrogens (tertiary/aromatic N) is 4. The standard InChI is InChI=1S/C17H18N6O3S/c1-13-3-2-4-16(9-13)27(25,26)20-11-17(24)19-10-14-12-23(22-21-14)15-5-7-18-8-6-15/h2-9,12,20H,10-11H2,1H3,(H,19,24). The molecule has 0 bridgehead atoms. The minimum absolute atomic E-state index is 0.121. The van der Waals surface area contributed by atoms with Crippen LogP contribution in [0.3, 0.4) is 0 Å². The molecule has 0 saturated heterocycles. The summed E-state index contributed by atoms with van der Waals surface area (Å²) in [5.74, 6) is -0.468. The van der Waals surface area contributed by atoms with Crippen molar-refractivity contribution in [2.75, 3.05) is 6.54 Å². The molecule has 10 heteroatoms. The van der Waals surface area contributed by atoms with E-state index in [4.69, 9.17) is 0 Å². The second-order valence-electron chi connectivity index (χ2n) is 5.78. The van der Waals surface area contributed by atoms with Crippen molar-refractivity contribution < 1.29 is 13.2 Å². The Kier molecular flexibility index (Phi) is 5.57. The topological polar surface area (TPSA) is 119 Å². The van der Waals surface area contributed by atoms with Crippen LogP contribution >= 0.6 is 0 Å². The van der Waals surface area contributed by atoms with Gasteiger partial charge < -0.3 is 5.32 Å². The number of carbonyl (C=O) groups excluding carboxylic acids is 1. The number of nitrogens with one attached hydrogen (secondary N) is 2. The van der Waals surface area contributed by atoms with Crippen LogP contribution in [0.2, 0.25) is 0 Å². The maximum atomic E-state index is 12.2. The quantitative estimate of drug-likeness (QED) is 0.613. The normalized spacial score (nSPS) is 11.3. The highest BCUT2D eigenvalue weighted by molar-refractivity contribution is 7.89. The summed E-state index contributed by atoms with van der Waals surface area (Å²) in [7, 11) is -3.74. The number of aromatic nitrogens is 4. The monoisotopic (exact) mass is 386 g/mol.